The maximum Gasteiger partial charge on any atom is 0.239 e. The molecule has 0 N–H and O–H groups in total. The first kappa shape index (κ1) is 18.1. The molecule has 0 spiro atoms. The monoisotopic (exact) mass is 393 g/mol. The summed E-state index contributed by atoms with van der Waals surface area (Å²) >= 11 is 0. The van der Waals surface area contributed by atoms with Gasteiger partial charge in [0.15, 0.2) is 0 Å². The van der Waals surface area contributed by atoms with E-state index in [4.69, 9.17) is 4.42 Å². The van der Waals surface area contributed by atoms with E-state index >= 15 is 0 Å². The Hall–Kier alpha value is -3.25. The van der Waals surface area contributed by atoms with E-state index in [-0.39, 0.29) is 21.0 Å². The predicted molar refractivity (Wildman–Crippen MR) is 104 cm³/mol. The van der Waals surface area contributed by atoms with E-state index < -0.39 is 15.7 Å². The summed E-state index contributed by atoms with van der Waals surface area (Å²) in [6.07, 6.45) is 0. The molecular formula is C22H16FNO3S. The molecule has 0 radical (unpaired) electrons. The minimum Gasteiger partial charge on any atom is -0.437 e. The summed E-state index contributed by atoms with van der Waals surface area (Å²) < 4.78 is 46.2. The fraction of sp³-hybridized carbons (Fsp3) is 0.0455. The third-order valence-corrected chi connectivity index (χ3v) is 6.12. The van der Waals surface area contributed by atoms with E-state index in [1.807, 2.05) is 0 Å². The number of sulfone groups is 1. The summed E-state index contributed by atoms with van der Waals surface area (Å²) in [7, 11) is -3.88. The average molecular weight is 393 g/mol. The normalized spacial score (nSPS) is 12.4. The molecular weight excluding hydrogens is 377 g/mol. The molecule has 1 heterocycles. The lowest BCUT2D eigenvalue weighted by Crippen LogP contribution is -2.15. The first-order valence-corrected chi connectivity index (χ1v) is 10.1. The van der Waals surface area contributed by atoms with Gasteiger partial charge in [-0.3, -0.25) is 0 Å². The summed E-state index contributed by atoms with van der Waals surface area (Å²) in [5.41, 5.74) is 1.14. The number of nitrogens with zero attached hydrogens (tertiary/aromatic N) is 1. The van der Waals surface area contributed by atoms with Gasteiger partial charge in [0, 0.05) is 5.39 Å². The topological polar surface area (TPSA) is 59.6 Å². The summed E-state index contributed by atoms with van der Waals surface area (Å²) in [5.74, 6) is -0.422. The van der Waals surface area contributed by atoms with Gasteiger partial charge in [0.25, 0.3) is 0 Å². The first-order valence-electron chi connectivity index (χ1n) is 8.59. The molecule has 0 fully saturated rings. The molecule has 0 saturated heterocycles. The van der Waals surface area contributed by atoms with Crippen molar-refractivity contribution in [1.82, 2.24) is 0 Å². The van der Waals surface area contributed by atoms with Gasteiger partial charge < -0.3 is 4.42 Å². The van der Waals surface area contributed by atoms with Crippen molar-refractivity contribution in [1.29, 1.82) is 0 Å². The van der Waals surface area contributed by atoms with E-state index in [2.05, 4.69) is 4.99 Å². The lowest BCUT2D eigenvalue weighted by Gasteiger charge is -2.07. The lowest BCUT2D eigenvalue weighted by atomic mass is 10.2. The van der Waals surface area contributed by atoms with Crippen molar-refractivity contribution in [2.45, 2.75) is 16.7 Å². The van der Waals surface area contributed by atoms with E-state index in [9.17, 15) is 12.8 Å². The highest BCUT2D eigenvalue weighted by Crippen LogP contribution is 2.23. The quantitative estimate of drug-likeness (QED) is 0.495. The second kappa shape index (κ2) is 7.05. The highest BCUT2D eigenvalue weighted by Gasteiger charge is 2.22. The molecule has 0 atom stereocenters. The minimum atomic E-state index is -3.88. The molecule has 6 heteroatoms. The molecule has 0 bridgehead atoms. The summed E-state index contributed by atoms with van der Waals surface area (Å²) in [6.45, 7) is 1.64. The summed E-state index contributed by atoms with van der Waals surface area (Å²) in [5, 5.41) is 0.631. The highest BCUT2D eigenvalue weighted by molar-refractivity contribution is 7.91. The first-order chi connectivity index (χ1) is 13.4. The molecule has 0 aliphatic rings. The standard InChI is InChI=1S/C22H16FNO3S/c1-15-11-12-17(14-19(15)23)24-22-21(13-16-7-5-6-10-20(16)27-22)28(25,26)18-8-3-2-4-9-18/h2-14H,1H3. The Morgan fingerprint density at radius 2 is 1.61 bits per heavy atom. The van der Waals surface area contributed by atoms with Gasteiger partial charge in [-0.15, -0.1) is 0 Å². The zero-order valence-corrected chi connectivity index (χ0v) is 15.8. The number of halogens is 1. The Morgan fingerprint density at radius 1 is 0.893 bits per heavy atom. The number of hydrogen-bond donors (Lipinski definition) is 0. The highest BCUT2D eigenvalue weighted by atomic mass is 32.2. The van der Waals surface area contributed by atoms with E-state index in [0.29, 0.717) is 16.5 Å². The van der Waals surface area contributed by atoms with Gasteiger partial charge in [0.05, 0.1) is 10.6 Å². The Kier molecular flexibility index (Phi) is 4.57. The number of benzene rings is 3. The van der Waals surface area contributed by atoms with Crippen LogP contribution < -0.4 is 5.55 Å². The third kappa shape index (κ3) is 3.34. The minimum absolute atomic E-state index is 0.0709. The van der Waals surface area contributed by atoms with Crippen molar-refractivity contribution in [3.8, 4) is 0 Å². The van der Waals surface area contributed by atoms with Crippen LogP contribution in [0.15, 0.2) is 98.1 Å². The molecule has 3 aromatic carbocycles. The fourth-order valence-electron chi connectivity index (χ4n) is 2.82. The van der Waals surface area contributed by atoms with Gasteiger partial charge in [0.2, 0.25) is 15.4 Å². The Labute approximate surface area is 161 Å². The molecule has 4 rings (SSSR count). The van der Waals surface area contributed by atoms with Gasteiger partial charge in [-0.05, 0) is 48.9 Å². The van der Waals surface area contributed by atoms with E-state index in [1.165, 1.54) is 24.3 Å². The van der Waals surface area contributed by atoms with Crippen molar-refractivity contribution in [2.24, 2.45) is 4.99 Å². The Balaban J connectivity index is 2.03. The Bertz CT molecular complexity index is 1340. The molecule has 0 aliphatic carbocycles. The van der Waals surface area contributed by atoms with Crippen LogP contribution in [-0.2, 0) is 9.84 Å². The predicted octanol–water partition coefficient (Wildman–Crippen LogP) is 4.95. The second-order valence-corrected chi connectivity index (χ2v) is 8.23. The van der Waals surface area contributed by atoms with E-state index in [1.54, 1.807) is 61.5 Å². The van der Waals surface area contributed by atoms with Crippen molar-refractivity contribution < 1.29 is 17.2 Å². The van der Waals surface area contributed by atoms with Gasteiger partial charge in [-0.1, -0.05) is 42.5 Å². The smallest absolute Gasteiger partial charge is 0.239 e. The third-order valence-electron chi connectivity index (χ3n) is 4.35. The van der Waals surface area contributed by atoms with Crippen LogP contribution in [0, 0.1) is 12.7 Å². The van der Waals surface area contributed by atoms with Gasteiger partial charge >= 0.3 is 0 Å². The van der Waals surface area contributed by atoms with Crippen LogP contribution in [0.5, 0.6) is 0 Å². The average Bonchev–Trinajstić information content (AvgIpc) is 2.71. The van der Waals surface area contributed by atoms with Gasteiger partial charge in [-0.2, -0.15) is 0 Å². The number of fused-ring (bicyclic) bond motifs is 1. The number of para-hydroxylation sites is 1. The summed E-state index contributed by atoms with van der Waals surface area (Å²) in [6, 6.07) is 21.1. The molecule has 0 amide bonds. The maximum absolute atomic E-state index is 13.9. The van der Waals surface area contributed by atoms with Crippen LogP contribution in [0.2, 0.25) is 0 Å². The van der Waals surface area contributed by atoms with Crippen LogP contribution in [-0.4, -0.2) is 8.42 Å². The van der Waals surface area contributed by atoms with Crippen LogP contribution >= 0.6 is 0 Å². The van der Waals surface area contributed by atoms with E-state index in [0.717, 1.165) is 0 Å². The van der Waals surface area contributed by atoms with Gasteiger partial charge in [-0.25, -0.2) is 17.8 Å². The lowest BCUT2D eigenvalue weighted by molar-refractivity contribution is 0.517. The SMILES string of the molecule is Cc1ccc(N=c2oc3ccccc3cc2S(=O)(=O)c2ccccc2)cc1F. The number of aryl methyl sites for hydroxylation is 1. The molecule has 0 saturated carbocycles. The summed E-state index contributed by atoms with van der Waals surface area (Å²) in [4.78, 5) is 4.36. The largest absolute Gasteiger partial charge is 0.437 e. The molecule has 1 aromatic heterocycles. The second-order valence-electron chi connectivity index (χ2n) is 6.32. The number of hydrogen-bond acceptors (Lipinski definition) is 4. The van der Waals surface area contributed by atoms with Crippen LogP contribution in [0.25, 0.3) is 11.0 Å². The van der Waals surface area contributed by atoms with Gasteiger partial charge in [0.1, 0.15) is 16.3 Å². The fourth-order valence-corrected chi connectivity index (χ4v) is 4.18. The Morgan fingerprint density at radius 3 is 2.36 bits per heavy atom. The molecule has 4 nitrogen and oxygen atoms in total. The molecule has 28 heavy (non-hydrogen) atoms. The zero-order chi connectivity index (χ0) is 19.7. The van der Waals surface area contributed by atoms with Crippen LogP contribution in [0.3, 0.4) is 0 Å². The number of rotatable bonds is 3. The molecule has 4 aromatic rings. The van der Waals surface area contributed by atoms with Crippen molar-refractivity contribution >= 4 is 26.5 Å². The van der Waals surface area contributed by atoms with Crippen LogP contribution in [0.1, 0.15) is 5.56 Å². The van der Waals surface area contributed by atoms with Crippen molar-refractivity contribution in [3.05, 3.63) is 95.8 Å². The van der Waals surface area contributed by atoms with Crippen LogP contribution in [0.4, 0.5) is 10.1 Å². The van der Waals surface area contributed by atoms with Crippen molar-refractivity contribution in [2.75, 3.05) is 0 Å². The van der Waals surface area contributed by atoms with Crippen molar-refractivity contribution in [3.63, 3.8) is 0 Å². The maximum atomic E-state index is 13.9. The molecule has 140 valence electrons. The molecule has 0 unspecified atom stereocenters. The molecule has 0 aliphatic heterocycles. The zero-order valence-electron chi connectivity index (χ0n) is 15.0.